The number of halogens is 1. The highest BCUT2D eigenvalue weighted by Crippen LogP contribution is 2.27. The largest absolute Gasteiger partial charge is 0.390 e. The van der Waals surface area contributed by atoms with Crippen LogP contribution >= 0.6 is 11.6 Å². The predicted molar refractivity (Wildman–Crippen MR) is 76.3 cm³/mol. The minimum absolute atomic E-state index is 0.0534. The summed E-state index contributed by atoms with van der Waals surface area (Å²) in [6.07, 6.45) is 1.90. The number of imidazole rings is 1. The third kappa shape index (κ3) is 2.01. The van der Waals surface area contributed by atoms with Crippen molar-refractivity contribution < 1.29 is 5.11 Å². The number of hydrogen-bond acceptors (Lipinski definition) is 2. The van der Waals surface area contributed by atoms with Gasteiger partial charge in [-0.3, -0.25) is 0 Å². The summed E-state index contributed by atoms with van der Waals surface area (Å²) in [5.41, 5.74) is 4.38. The molecule has 1 N–H and O–H groups in total. The van der Waals surface area contributed by atoms with Gasteiger partial charge in [0.25, 0.3) is 0 Å². The van der Waals surface area contributed by atoms with E-state index in [0.717, 1.165) is 33.2 Å². The average Bonchev–Trinajstić information content (AvgIpc) is 2.80. The van der Waals surface area contributed by atoms with E-state index in [1.807, 2.05) is 53.9 Å². The van der Waals surface area contributed by atoms with Gasteiger partial charge >= 0.3 is 0 Å². The number of aryl methyl sites for hydroxylation is 1. The molecule has 3 aromatic rings. The second-order valence-electron chi connectivity index (χ2n) is 4.46. The highest BCUT2D eigenvalue weighted by molar-refractivity contribution is 6.31. The Kier molecular flexibility index (Phi) is 3.01. The molecule has 0 atom stereocenters. The molecule has 3 rings (SSSR count). The molecule has 3 nitrogen and oxygen atoms in total. The lowest BCUT2D eigenvalue weighted by Gasteiger charge is -2.04. The topological polar surface area (TPSA) is 37.5 Å². The van der Waals surface area contributed by atoms with Crippen LogP contribution in [0.3, 0.4) is 0 Å². The van der Waals surface area contributed by atoms with Crippen LogP contribution in [0.25, 0.3) is 16.9 Å². The van der Waals surface area contributed by atoms with E-state index in [2.05, 4.69) is 4.98 Å². The zero-order chi connectivity index (χ0) is 13.4. The van der Waals surface area contributed by atoms with Gasteiger partial charge in [-0.25, -0.2) is 4.98 Å². The van der Waals surface area contributed by atoms with Crippen molar-refractivity contribution in [3.63, 3.8) is 0 Å². The molecule has 0 saturated heterocycles. The van der Waals surface area contributed by atoms with Crippen LogP contribution in [0.2, 0.25) is 5.02 Å². The predicted octanol–water partition coefficient (Wildman–Crippen LogP) is 3.46. The molecule has 4 heteroatoms. The van der Waals surface area contributed by atoms with Gasteiger partial charge in [-0.1, -0.05) is 23.7 Å². The zero-order valence-corrected chi connectivity index (χ0v) is 11.2. The number of pyridine rings is 1. The van der Waals surface area contributed by atoms with E-state index in [-0.39, 0.29) is 6.61 Å². The first kappa shape index (κ1) is 12.2. The Hall–Kier alpha value is -1.84. The van der Waals surface area contributed by atoms with Crippen molar-refractivity contribution in [2.75, 3.05) is 0 Å². The zero-order valence-electron chi connectivity index (χ0n) is 10.5. The fraction of sp³-hybridized carbons (Fsp3) is 0.133. The average molecular weight is 273 g/mol. The van der Waals surface area contributed by atoms with Crippen molar-refractivity contribution in [2.45, 2.75) is 13.5 Å². The number of nitrogens with zero attached hydrogens (tertiary/aromatic N) is 2. The van der Waals surface area contributed by atoms with Crippen molar-refractivity contribution in [3.8, 4) is 11.3 Å². The van der Waals surface area contributed by atoms with Gasteiger partial charge in [-0.15, -0.1) is 0 Å². The first-order valence-corrected chi connectivity index (χ1v) is 6.42. The van der Waals surface area contributed by atoms with Crippen LogP contribution in [0.15, 0.2) is 42.6 Å². The third-order valence-corrected chi connectivity index (χ3v) is 3.63. The van der Waals surface area contributed by atoms with Crippen LogP contribution in [-0.2, 0) is 6.61 Å². The van der Waals surface area contributed by atoms with Gasteiger partial charge < -0.3 is 9.51 Å². The normalized spacial score (nSPS) is 11.1. The first-order chi connectivity index (χ1) is 9.20. The van der Waals surface area contributed by atoms with Crippen molar-refractivity contribution in [3.05, 3.63) is 58.9 Å². The molecule has 0 aliphatic heterocycles. The van der Waals surface area contributed by atoms with Gasteiger partial charge in [-0.05, 0) is 36.8 Å². The number of aliphatic hydroxyl groups is 1. The highest BCUT2D eigenvalue weighted by Gasteiger charge is 2.13. The van der Waals surface area contributed by atoms with Crippen LogP contribution in [0, 0.1) is 6.92 Å². The lowest BCUT2D eigenvalue weighted by atomic mass is 10.1. The monoisotopic (exact) mass is 272 g/mol. The summed E-state index contributed by atoms with van der Waals surface area (Å²) in [6.45, 7) is 1.91. The number of aromatic nitrogens is 2. The van der Waals surface area contributed by atoms with E-state index < -0.39 is 0 Å². The van der Waals surface area contributed by atoms with Crippen molar-refractivity contribution in [1.29, 1.82) is 0 Å². The fourth-order valence-electron chi connectivity index (χ4n) is 2.22. The number of fused-ring (bicyclic) bond motifs is 1. The molecule has 0 aliphatic carbocycles. The fourth-order valence-corrected chi connectivity index (χ4v) is 2.34. The van der Waals surface area contributed by atoms with Crippen LogP contribution in [0.4, 0.5) is 0 Å². The molecular formula is C15H13ClN2O. The lowest BCUT2D eigenvalue weighted by molar-refractivity contribution is 0.276. The summed E-state index contributed by atoms with van der Waals surface area (Å²) in [5, 5.41) is 10.3. The van der Waals surface area contributed by atoms with Crippen molar-refractivity contribution in [1.82, 2.24) is 9.38 Å². The summed E-state index contributed by atoms with van der Waals surface area (Å²) in [6, 6.07) is 11.5. The Morgan fingerprint density at radius 1 is 1.26 bits per heavy atom. The minimum Gasteiger partial charge on any atom is -0.390 e. The third-order valence-electron chi connectivity index (χ3n) is 3.21. The Labute approximate surface area is 116 Å². The molecule has 0 bridgehead atoms. The summed E-state index contributed by atoms with van der Waals surface area (Å²) < 4.78 is 1.90. The van der Waals surface area contributed by atoms with Gasteiger partial charge in [0.1, 0.15) is 5.65 Å². The molecule has 2 aromatic heterocycles. The van der Waals surface area contributed by atoms with Gasteiger partial charge in [-0.2, -0.15) is 0 Å². The Morgan fingerprint density at radius 2 is 2.11 bits per heavy atom. The maximum absolute atomic E-state index is 9.60. The van der Waals surface area contributed by atoms with Crippen LogP contribution in [0.1, 0.15) is 11.3 Å². The van der Waals surface area contributed by atoms with Crippen LogP contribution < -0.4 is 0 Å². The summed E-state index contributed by atoms with van der Waals surface area (Å²) in [4.78, 5) is 4.58. The summed E-state index contributed by atoms with van der Waals surface area (Å²) in [5.74, 6) is 0. The second kappa shape index (κ2) is 4.68. The van der Waals surface area contributed by atoms with Gasteiger partial charge in [0.2, 0.25) is 0 Å². The quantitative estimate of drug-likeness (QED) is 0.776. The maximum atomic E-state index is 9.60. The molecule has 0 unspecified atom stereocenters. The standard InChI is InChI=1S/C15H13ClN2O/c1-10-8-11(5-6-12(10)16)15-13(9-19)18-7-3-2-4-14(18)17-15/h2-8,19H,9H2,1H3. The molecule has 0 spiro atoms. The van der Waals surface area contributed by atoms with E-state index in [9.17, 15) is 5.11 Å². The molecule has 19 heavy (non-hydrogen) atoms. The van der Waals surface area contributed by atoms with E-state index in [4.69, 9.17) is 11.6 Å². The molecular weight excluding hydrogens is 260 g/mol. The lowest BCUT2D eigenvalue weighted by Crippen LogP contribution is -1.93. The number of rotatable bonds is 2. The Morgan fingerprint density at radius 3 is 2.84 bits per heavy atom. The molecule has 0 radical (unpaired) electrons. The van der Waals surface area contributed by atoms with Crippen molar-refractivity contribution in [2.24, 2.45) is 0 Å². The first-order valence-electron chi connectivity index (χ1n) is 6.04. The molecule has 0 fully saturated rings. The number of aliphatic hydroxyl groups excluding tert-OH is 1. The van der Waals surface area contributed by atoms with Gasteiger partial charge in [0.15, 0.2) is 0 Å². The SMILES string of the molecule is Cc1cc(-c2nc3ccccn3c2CO)ccc1Cl. The smallest absolute Gasteiger partial charge is 0.137 e. The van der Waals surface area contributed by atoms with Gasteiger partial charge in [0, 0.05) is 16.8 Å². The van der Waals surface area contributed by atoms with E-state index >= 15 is 0 Å². The molecule has 96 valence electrons. The van der Waals surface area contributed by atoms with E-state index in [1.165, 1.54) is 0 Å². The summed E-state index contributed by atoms with van der Waals surface area (Å²) >= 11 is 6.05. The molecule has 0 aliphatic rings. The van der Waals surface area contributed by atoms with Crippen LogP contribution in [0.5, 0.6) is 0 Å². The van der Waals surface area contributed by atoms with Gasteiger partial charge in [0.05, 0.1) is 18.0 Å². The molecule has 1 aromatic carbocycles. The molecule has 0 saturated carbocycles. The van der Waals surface area contributed by atoms with Crippen molar-refractivity contribution >= 4 is 17.2 Å². The Balaban J connectivity index is 2.26. The maximum Gasteiger partial charge on any atom is 0.137 e. The second-order valence-corrected chi connectivity index (χ2v) is 4.87. The Bertz CT molecular complexity index is 749. The highest BCUT2D eigenvalue weighted by atomic mass is 35.5. The minimum atomic E-state index is -0.0534. The van der Waals surface area contributed by atoms with Crippen LogP contribution in [-0.4, -0.2) is 14.5 Å². The van der Waals surface area contributed by atoms with E-state index in [0.29, 0.717) is 0 Å². The molecule has 0 amide bonds. The number of hydrogen-bond donors (Lipinski definition) is 1. The summed E-state index contributed by atoms with van der Waals surface area (Å²) in [7, 11) is 0. The number of benzene rings is 1. The van der Waals surface area contributed by atoms with E-state index in [1.54, 1.807) is 0 Å². The molecule has 2 heterocycles.